The van der Waals surface area contributed by atoms with E-state index in [1.807, 2.05) is 0 Å². The molecule has 2 fully saturated rings. The summed E-state index contributed by atoms with van der Waals surface area (Å²) in [6.45, 7) is 5.24. The molecule has 0 radical (unpaired) electrons. The van der Waals surface area contributed by atoms with Gasteiger partial charge in [-0.25, -0.2) is 0 Å². The first-order chi connectivity index (χ1) is 8.92. The normalized spacial score (nSPS) is 25.0. The molecular formula is C13H21N3O2. The van der Waals surface area contributed by atoms with Crippen molar-refractivity contribution in [2.24, 2.45) is 0 Å². The first kappa shape index (κ1) is 12.1. The highest BCUT2D eigenvalue weighted by Crippen LogP contribution is 2.22. The molecule has 1 aromatic heterocycles. The van der Waals surface area contributed by atoms with Crippen molar-refractivity contribution in [3.8, 4) is 0 Å². The third kappa shape index (κ3) is 2.90. The molecule has 2 aliphatic rings. The summed E-state index contributed by atoms with van der Waals surface area (Å²) in [5.41, 5.74) is 0. The predicted molar refractivity (Wildman–Crippen MR) is 66.5 cm³/mol. The third-order valence-corrected chi connectivity index (χ3v) is 3.84. The molecule has 0 bridgehead atoms. The van der Waals surface area contributed by atoms with Crippen LogP contribution in [0.4, 0.5) is 0 Å². The van der Waals surface area contributed by atoms with Crippen molar-refractivity contribution in [1.29, 1.82) is 0 Å². The van der Waals surface area contributed by atoms with Crippen LogP contribution in [0.2, 0.25) is 0 Å². The number of rotatable bonds is 5. The quantitative estimate of drug-likeness (QED) is 0.795. The second-order valence-electron chi connectivity index (χ2n) is 5.26. The van der Waals surface area contributed by atoms with E-state index in [0.29, 0.717) is 5.92 Å². The maximum Gasteiger partial charge on any atom is 0.226 e. The van der Waals surface area contributed by atoms with E-state index in [-0.39, 0.29) is 0 Å². The Bertz CT molecular complexity index is 368. The average Bonchev–Trinajstić information content (AvgIpc) is 3.12. The van der Waals surface area contributed by atoms with E-state index < -0.39 is 0 Å². The SMILES string of the molecule is C1CCN(CCCc2nc(C3CCOC3)no2)C1. The van der Waals surface area contributed by atoms with Crippen molar-refractivity contribution < 1.29 is 9.26 Å². The fourth-order valence-electron chi connectivity index (χ4n) is 2.73. The Hall–Kier alpha value is -0.940. The van der Waals surface area contributed by atoms with Gasteiger partial charge in [0.15, 0.2) is 5.82 Å². The molecule has 1 aromatic rings. The van der Waals surface area contributed by atoms with Gasteiger partial charge in [0.25, 0.3) is 0 Å². The van der Waals surface area contributed by atoms with Crippen LogP contribution >= 0.6 is 0 Å². The molecule has 3 rings (SSSR count). The van der Waals surface area contributed by atoms with E-state index >= 15 is 0 Å². The predicted octanol–water partition coefficient (Wildman–Crippen LogP) is 1.60. The summed E-state index contributed by atoms with van der Waals surface area (Å²) < 4.78 is 10.6. The van der Waals surface area contributed by atoms with Crippen molar-refractivity contribution in [3.63, 3.8) is 0 Å². The van der Waals surface area contributed by atoms with E-state index in [4.69, 9.17) is 9.26 Å². The number of hydrogen-bond donors (Lipinski definition) is 0. The first-order valence-electron chi connectivity index (χ1n) is 7.04. The van der Waals surface area contributed by atoms with Gasteiger partial charge < -0.3 is 14.2 Å². The molecule has 0 aliphatic carbocycles. The van der Waals surface area contributed by atoms with Crippen LogP contribution in [0.15, 0.2) is 4.52 Å². The lowest BCUT2D eigenvalue weighted by Gasteiger charge is -2.12. The summed E-state index contributed by atoms with van der Waals surface area (Å²) in [6.07, 6.45) is 5.74. The Morgan fingerprint density at radius 2 is 2.17 bits per heavy atom. The lowest BCUT2D eigenvalue weighted by Crippen LogP contribution is -2.20. The molecule has 0 aromatic carbocycles. The van der Waals surface area contributed by atoms with E-state index in [1.165, 1.54) is 25.9 Å². The summed E-state index contributed by atoms with van der Waals surface area (Å²) in [6, 6.07) is 0. The van der Waals surface area contributed by atoms with Crippen LogP contribution in [0.3, 0.4) is 0 Å². The first-order valence-corrected chi connectivity index (χ1v) is 7.04. The topological polar surface area (TPSA) is 51.4 Å². The highest BCUT2D eigenvalue weighted by molar-refractivity contribution is 4.97. The van der Waals surface area contributed by atoms with Crippen molar-refractivity contribution in [3.05, 3.63) is 11.7 Å². The molecule has 18 heavy (non-hydrogen) atoms. The smallest absolute Gasteiger partial charge is 0.226 e. The summed E-state index contributed by atoms with van der Waals surface area (Å²) in [5.74, 6) is 1.97. The van der Waals surface area contributed by atoms with Crippen LogP contribution in [-0.2, 0) is 11.2 Å². The number of likely N-dealkylation sites (tertiary alicyclic amines) is 1. The summed E-state index contributed by atoms with van der Waals surface area (Å²) in [5, 5.41) is 4.07. The number of nitrogens with zero attached hydrogens (tertiary/aromatic N) is 3. The minimum absolute atomic E-state index is 0.348. The highest BCUT2D eigenvalue weighted by atomic mass is 16.5. The van der Waals surface area contributed by atoms with Gasteiger partial charge in [-0.1, -0.05) is 5.16 Å². The maximum atomic E-state index is 5.34. The Morgan fingerprint density at radius 3 is 2.94 bits per heavy atom. The molecule has 0 N–H and O–H groups in total. The number of hydrogen-bond acceptors (Lipinski definition) is 5. The van der Waals surface area contributed by atoms with Gasteiger partial charge in [0, 0.05) is 18.9 Å². The summed E-state index contributed by atoms with van der Waals surface area (Å²) in [7, 11) is 0. The Morgan fingerprint density at radius 1 is 1.28 bits per heavy atom. The lowest BCUT2D eigenvalue weighted by molar-refractivity contribution is 0.192. The maximum absolute atomic E-state index is 5.34. The molecule has 0 amide bonds. The van der Waals surface area contributed by atoms with Gasteiger partial charge in [0.05, 0.1) is 6.61 Å². The molecule has 2 aliphatic heterocycles. The van der Waals surface area contributed by atoms with Crippen molar-refractivity contribution in [2.75, 3.05) is 32.8 Å². The fourth-order valence-corrected chi connectivity index (χ4v) is 2.73. The highest BCUT2D eigenvalue weighted by Gasteiger charge is 2.23. The van der Waals surface area contributed by atoms with E-state index in [9.17, 15) is 0 Å². The zero-order valence-corrected chi connectivity index (χ0v) is 10.8. The fraction of sp³-hybridized carbons (Fsp3) is 0.846. The molecule has 3 heterocycles. The Balaban J connectivity index is 1.44. The van der Waals surface area contributed by atoms with Gasteiger partial charge in [-0.15, -0.1) is 0 Å². The van der Waals surface area contributed by atoms with Crippen LogP contribution in [0.25, 0.3) is 0 Å². The van der Waals surface area contributed by atoms with Gasteiger partial charge in [-0.3, -0.25) is 0 Å². The van der Waals surface area contributed by atoms with Crippen LogP contribution < -0.4 is 0 Å². The van der Waals surface area contributed by atoms with E-state index in [2.05, 4.69) is 15.0 Å². The third-order valence-electron chi connectivity index (χ3n) is 3.84. The monoisotopic (exact) mass is 251 g/mol. The average molecular weight is 251 g/mol. The standard InChI is InChI=1S/C13H21N3O2/c1-2-7-16(6-1)8-3-4-12-14-13(15-18-12)11-5-9-17-10-11/h11H,1-10H2. The van der Waals surface area contributed by atoms with Crippen molar-refractivity contribution >= 4 is 0 Å². The Labute approximate surface area is 107 Å². The zero-order chi connectivity index (χ0) is 12.2. The molecule has 0 saturated carbocycles. The molecule has 0 spiro atoms. The molecule has 5 nitrogen and oxygen atoms in total. The van der Waals surface area contributed by atoms with Crippen LogP contribution in [0.1, 0.15) is 43.3 Å². The van der Waals surface area contributed by atoms with Crippen LogP contribution in [0.5, 0.6) is 0 Å². The molecule has 1 unspecified atom stereocenters. The molecule has 2 saturated heterocycles. The molecule has 1 atom stereocenters. The largest absolute Gasteiger partial charge is 0.381 e. The minimum atomic E-state index is 0.348. The van der Waals surface area contributed by atoms with Crippen LogP contribution in [0, 0.1) is 0 Å². The molecular weight excluding hydrogens is 230 g/mol. The summed E-state index contributed by atoms with van der Waals surface area (Å²) in [4.78, 5) is 7.00. The van der Waals surface area contributed by atoms with Gasteiger partial charge in [-0.2, -0.15) is 4.98 Å². The van der Waals surface area contributed by atoms with Gasteiger partial charge in [0.2, 0.25) is 5.89 Å². The van der Waals surface area contributed by atoms with Gasteiger partial charge in [0.1, 0.15) is 0 Å². The van der Waals surface area contributed by atoms with Crippen molar-refractivity contribution in [1.82, 2.24) is 15.0 Å². The second kappa shape index (κ2) is 5.80. The van der Waals surface area contributed by atoms with Crippen molar-refractivity contribution in [2.45, 2.75) is 38.0 Å². The Kier molecular flexibility index (Phi) is 3.90. The van der Waals surface area contributed by atoms with E-state index in [0.717, 1.165) is 50.7 Å². The van der Waals surface area contributed by atoms with E-state index in [1.54, 1.807) is 0 Å². The second-order valence-corrected chi connectivity index (χ2v) is 5.26. The molecule has 100 valence electrons. The summed E-state index contributed by atoms with van der Waals surface area (Å²) >= 11 is 0. The van der Waals surface area contributed by atoms with Gasteiger partial charge >= 0.3 is 0 Å². The van der Waals surface area contributed by atoms with Crippen LogP contribution in [-0.4, -0.2) is 47.9 Å². The number of aromatic nitrogens is 2. The lowest BCUT2D eigenvalue weighted by atomic mass is 10.1. The molecule has 5 heteroatoms. The van der Waals surface area contributed by atoms with Gasteiger partial charge in [-0.05, 0) is 45.3 Å². The zero-order valence-electron chi connectivity index (χ0n) is 10.8. The number of ether oxygens (including phenoxy) is 1. The minimum Gasteiger partial charge on any atom is -0.381 e. The number of aryl methyl sites for hydroxylation is 1.